The molecule has 2 aliphatic carbocycles. The van der Waals surface area contributed by atoms with Crippen LogP contribution in [-0.4, -0.2) is 19.5 Å². The van der Waals surface area contributed by atoms with E-state index < -0.39 is 0 Å². The van der Waals surface area contributed by atoms with Crippen molar-refractivity contribution in [3.63, 3.8) is 0 Å². The van der Waals surface area contributed by atoms with Gasteiger partial charge >= 0.3 is 0 Å². The van der Waals surface area contributed by atoms with Crippen LogP contribution in [0.25, 0.3) is 55.4 Å². The second-order valence-electron chi connectivity index (χ2n) is 14.9. The lowest BCUT2D eigenvalue weighted by Crippen LogP contribution is -2.12. The molecule has 4 aromatic carbocycles. The lowest BCUT2D eigenvalue weighted by atomic mass is 9.86. The lowest BCUT2D eigenvalue weighted by Gasteiger charge is -2.21. The van der Waals surface area contributed by atoms with E-state index in [1.165, 1.54) is 121 Å². The first-order chi connectivity index (χ1) is 26.0. The van der Waals surface area contributed by atoms with Gasteiger partial charge < -0.3 is 4.57 Å². The predicted molar refractivity (Wildman–Crippen MR) is 221 cm³/mol. The molecule has 4 nitrogen and oxygen atoms in total. The molecular weight excluding hydrogens is 645 g/mol. The van der Waals surface area contributed by atoms with Gasteiger partial charge in [-0.25, -0.2) is 9.97 Å². The van der Waals surface area contributed by atoms with E-state index in [9.17, 15) is 0 Å². The summed E-state index contributed by atoms with van der Waals surface area (Å²) < 4.78 is 2.30. The van der Waals surface area contributed by atoms with Gasteiger partial charge in [-0.05, 0) is 135 Å². The van der Waals surface area contributed by atoms with Crippen molar-refractivity contribution in [1.82, 2.24) is 19.5 Å². The summed E-state index contributed by atoms with van der Waals surface area (Å²) in [5.74, 6) is 0. The van der Waals surface area contributed by atoms with E-state index in [1.807, 2.05) is 0 Å². The first-order valence-corrected chi connectivity index (χ1v) is 19.4. The number of fused-ring (bicyclic) bond motifs is 10. The molecule has 0 atom stereocenters. The van der Waals surface area contributed by atoms with Gasteiger partial charge in [0.2, 0.25) is 0 Å². The Balaban J connectivity index is 0.000000106. The molecule has 3 aliphatic rings. The molecule has 11 rings (SSSR count). The molecule has 0 saturated heterocycles. The monoisotopic (exact) mass is 690 g/mol. The van der Waals surface area contributed by atoms with Crippen LogP contribution in [-0.2, 0) is 38.6 Å². The fraction of sp³-hybridized carbons (Fsp3) is 0.245. The van der Waals surface area contributed by atoms with Crippen molar-refractivity contribution in [3.05, 3.63) is 160 Å². The fourth-order valence-electron chi connectivity index (χ4n) is 8.95. The molecular formula is C49H46N4. The van der Waals surface area contributed by atoms with Crippen molar-refractivity contribution in [1.29, 1.82) is 0 Å². The molecule has 0 spiro atoms. The zero-order valence-electron chi connectivity index (χ0n) is 31.1. The normalized spacial score (nSPS) is 14.0. The predicted octanol–water partition coefficient (Wildman–Crippen LogP) is 11.7. The highest BCUT2D eigenvalue weighted by Gasteiger charge is 2.21. The van der Waals surface area contributed by atoms with Crippen LogP contribution in [0.5, 0.6) is 0 Å². The lowest BCUT2D eigenvalue weighted by molar-refractivity contribution is 0.683. The summed E-state index contributed by atoms with van der Waals surface area (Å²) in [7, 11) is 0. The molecule has 4 aromatic heterocycles. The summed E-state index contributed by atoms with van der Waals surface area (Å²) in [5, 5.41) is 3.92. The third kappa shape index (κ3) is 6.10. The van der Waals surface area contributed by atoms with Gasteiger partial charge in [-0.3, -0.25) is 4.98 Å². The molecule has 4 heteroatoms. The maximum atomic E-state index is 4.92. The van der Waals surface area contributed by atoms with E-state index in [0.717, 1.165) is 36.8 Å². The third-order valence-electron chi connectivity index (χ3n) is 11.9. The van der Waals surface area contributed by atoms with Gasteiger partial charge in [0.15, 0.2) is 0 Å². The second kappa shape index (κ2) is 14.1. The smallest absolute Gasteiger partial charge is 0.0909 e. The molecule has 0 amide bonds. The Hall–Kier alpha value is -5.61. The van der Waals surface area contributed by atoms with Gasteiger partial charge in [-0.1, -0.05) is 85.3 Å². The number of para-hydroxylation sites is 3. The van der Waals surface area contributed by atoms with Gasteiger partial charge in [-0.2, -0.15) is 0 Å². The molecule has 53 heavy (non-hydrogen) atoms. The number of hydrogen-bond acceptors (Lipinski definition) is 3. The van der Waals surface area contributed by atoms with Crippen LogP contribution in [0.15, 0.2) is 115 Å². The van der Waals surface area contributed by atoms with Crippen LogP contribution < -0.4 is 0 Å². The van der Waals surface area contributed by atoms with Gasteiger partial charge in [0.1, 0.15) is 0 Å². The Bertz CT molecular complexity index is 2650. The molecule has 0 bridgehead atoms. The molecule has 5 heterocycles. The minimum Gasteiger partial charge on any atom is -0.346 e. The number of hydrogen-bond donors (Lipinski definition) is 0. The molecule has 1 aliphatic heterocycles. The Labute approximate surface area is 312 Å². The molecule has 8 aromatic rings. The van der Waals surface area contributed by atoms with Crippen LogP contribution >= 0.6 is 0 Å². The number of nitrogens with zero attached hydrogens (tertiary/aromatic N) is 4. The van der Waals surface area contributed by atoms with E-state index in [-0.39, 0.29) is 0 Å². The summed E-state index contributed by atoms with van der Waals surface area (Å²) >= 11 is 0. The highest BCUT2D eigenvalue weighted by Crippen LogP contribution is 2.37. The fourth-order valence-corrected chi connectivity index (χ4v) is 8.95. The topological polar surface area (TPSA) is 43.6 Å². The van der Waals surface area contributed by atoms with Crippen molar-refractivity contribution in [2.45, 2.75) is 78.7 Å². The van der Waals surface area contributed by atoms with Gasteiger partial charge in [0.25, 0.3) is 0 Å². The summed E-state index contributed by atoms with van der Waals surface area (Å²) in [4.78, 5) is 14.6. The van der Waals surface area contributed by atoms with Crippen molar-refractivity contribution >= 4 is 32.7 Å². The van der Waals surface area contributed by atoms with E-state index in [0.29, 0.717) is 0 Å². The van der Waals surface area contributed by atoms with Crippen LogP contribution in [0.3, 0.4) is 0 Å². The van der Waals surface area contributed by atoms with Gasteiger partial charge in [0, 0.05) is 40.2 Å². The van der Waals surface area contributed by atoms with Crippen molar-refractivity contribution in [2.24, 2.45) is 0 Å². The zero-order valence-corrected chi connectivity index (χ0v) is 31.1. The number of rotatable bonds is 0. The molecule has 0 saturated carbocycles. The summed E-state index contributed by atoms with van der Waals surface area (Å²) in [6.07, 6.45) is 11.8. The Morgan fingerprint density at radius 3 is 1.74 bits per heavy atom. The first kappa shape index (κ1) is 33.2. The number of benzene rings is 4. The number of pyridine rings is 3. The van der Waals surface area contributed by atoms with E-state index >= 15 is 0 Å². The summed E-state index contributed by atoms with van der Waals surface area (Å²) in [6.45, 7) is 7.78. The quantitative estimate of drug-likeness (QED) is 0.149. The second-order valence-corrected chi connectivity index (χ2v) is 14.9. The maximum Gasteiger partial charge on any atom is 0.0909 e. The van der Waals surface area contributed by atoms with Crippen LogP contribution in [0.1, 0.15) is 63.9 Å². The highest BCUT2D eigenvalue weighted by atomic mass is 15.0. The Kier molecular flexibility index (Phi) is 8.83. The molecule has 0 radical (unpaired) electrons. The van der Waals surface area contributed by atoms with E-state index in [1.54, 1.807) is 0 Å². The van der Waals surface area contributed by atoms with Gasteiger partial charge in [0.05, 0.1) is 33.6 Å². The first-order valence-electron chi connectivity index (χ1n) is 19.4. The standard InChI is InChI=1S/C18H15N.C16H14N2.C15H17N/c1-12-14-7-4-5-9-17(14)19-18-15(12)11-10-13-6-2-3-8-16(13)18;1-11-12-5-2-3-6-14(12)17-16-13(11)8-10-18-9-4-7-15(16)18;1-11-12-7-3-2-4-9-14(12)16-15-10-6-5-8-13(11)15/h2-9H,10-11H2,1H3;2-7,9H,8,10H2,1H3;5-6,8,10H,2-4,7,9H2,1H3. The number of aromatic nitrogens is 4. The molecule has 262 valence electrons. The number of aryl methyl sites for hydroxylation is 6. The SMILES string of the molecule is Cc1c2c(nc3ccccc13)-c1ccccc1CC2.Cc1c2c(nc3ccccc13)-c1cccn1CC2.Cc1c2c(nc3ccccc13)CCCCC2. The minimum absolute atomic E-state index is 1.07. The summed E-state index contributed by atoms with van der Waals surface area (Å²) in [5.41, 5.74) is 19.7. The molecule has 0 fully saturated rings. The zero-order chi connectivity index (χ0) is 35.9. The Morgan fingerprint density at radius 2 is 1.02 bits per heavy atom. The maximum absolute atomic E-state index is 4.92. The largest absolute Gasteiger partial charge is 0.346 e. The van der Waals surface area contributed by atoms with E-state index in [2.05, 4.69) is 141 Å². The average molecular weight is 691 g/mol. The van der Waals surface area contributed by atoms with Crippen molar-refractivity contribution < 1.29 is 0 Å². The molecule has 0 N–H and O–H groups in total. The van der Waals surface area contributed by atoms with Crippen LogP contribution in [0.2, 0.25) is 0 Å². The Morgan fingerprint density at radius 1 is 0.453 bits per heavy atom. The van der Waals surface area contributed by atoms with E-state index in [4.69, 9.17) is 15.0 Å². The molecule has 0 unspecified atom stereocenters. The van der Waals surface area contributed by atoms with Gasteiger partial charge in [-0.15, -0.1) is 0 Å². The minimum atomic E-state index is 1.07. The van der Waals surface area contributed by atoms with Crippen molar-refractivity contribution in [2.75, 3.05) is 0 Å². The highest BCUT2D eigenvalue weighted by molar-refractivity contribution is 5.89. The van der Waals surface area contributed by atoms with Crippen molar-refractivity contribution in [3.8, 4) is 22.6 Å². The third-order valence-corrected chi connectivity index (χ3v) is 11.9. The van der Waals surface area contributed by atoms with Crippen LogP contribution in [0.4, 0.5) is 0 Å². The van der Waals surface area contributed by atoms with Crippen LogP contribution in [0, 0.1) is 20.8 Å². The summed E-state index contributed by atoms with van der Waals surface area (Å²) in [6, 6.07) is 38.3. The average Bonchev–Trinajstić information content (AvgIpc) is 3.57.